The number of para-hydroxylation sites is 1. The van der Waals surface area contributed by atoms with Gasteiger partial charge in [-0.05, 0) is 55.9 Å². The van der Waals surface area contributed by atoms with Gasteiger partial charge in [-0.3, -0.25) is 9.59 Å². The smallest absolute Gasteiger partial charge is 0.349 e. The molecular weight excluding hydrogens is 467 g/mol. The molecule has 176 valence electrons. The molecule has 0 unspecified atom stereocenters. The van der Waals surface area contributed by atoms with Crippen LogP contribution in [0.2, 0.25) is 5.02 Å². The molecule has 0 aromatic heterocycles. The third kappa shape index (κ3) is 4.55. The van der Waals surface area contributed by atoms with Crippen LogP contribution in [0.25, 0.3) is 0 Å². The van der Waals surface area contributed by atoms with Gasteiger partial charge in [0.25, 0.3) is 5.91 Å². The summed E-state index contributed by atoms with van der Waals surface area (Å²) in [5, 5.41) is 2.63. The van der Waals surface area contributed by atoms with Gasteiger partial charge in [-0.25, -0.2) is 0 Å². The molecule has 1 fully saturated rings. The molecule has 10 heteroatoms. The van der Waals surface area contributed by atoms with Gasteiger partial charge >= 0.3 is 18.0 Å². The van der Waals surface area contributed by atoms with E-state index in [1.807, 2.05) is 0 Å². The fourth-order valence-electron chi connectivity index (χ4n) is 4.44. The van der Waals surface area contributed by atoms with Gasteiger partial charge < -0.3 is 10.2 Å². The number of hydrogen-bond acceptors (Lipinski definition) is 2. The first-order valence-corrected chi connectivity index (χ1v) is 10.8. The number of carbonyl (C=O) groups excluding carboxylic acids is 2. The molecule has 1 saturated carbocycles. The van der Waals surface area contributed by atoms with Crippen LogP contribution in [0.1, 0.15) is 47.2 Å². The minimum Gasteiger partial charge on any atom is -0.349 e. The van der Waals surface area contributed by atoms with Gasteiger partial charge in [0.05, 0.1) is 27.4 Å². The van der Waals surface area contributed by atoms with E-state index < -0.39 is 29.5 Å². The number of anilines is 1. The average molecular weight is 487 g/mol. The molecule has 1 N–H and O–H groups in total. The number of rotatable bonds is 4. The van der Waals surface area contributed by atoms with Gasteiger partial charge in [0, 0.05) is 12.6 Å². The van der Waals surface area contributed by atoms with Crippen molar-refractivity contribution in [2.45, 2.75) is 43.8 Å². The lowest BCUT2D eigenvalue weighted by Crippen LogP contribution is -2.42. The number of amides is 2. The number of benzene rings is 2. The minimum atomic E-state index is -4.60. The molecule has 1 heterocycles. The Morgan fingerprint density at radius 2 is 1.76 bits per heavy atom. The molecule has 2 aromatic rings. The Morgan fingerprint density at radius 1 is 1.09 bits per heavy atom. The van der Waals surface area contributed by atoms with Crippen molar-refractivity contribution in [3.8, 4) is 0 Å². The maximum atomic E-state index is 14.3. The van der Waals surface area contributed by atoms with Crippen LogP contribution in [0.3, 0.4) is 0 Å². The van der Waals surface area contributed by atoms with E-state index in [4.69, 9.17) is 11.6 Å². The SMILES string of the molecule is O=C(NC1CCC(CN2C(=O)C(F)(F)c3ccccc32)CC1)c1cc(C(F)(F)F)ccc1Cl. The molecule has 0 bridgehead atoms. The van der Waals surface area contributed by atoms with Gasteiger partial charge in [-0.2, -0.15) is 22.0 Å². The van der Waals surface area contributed by atoms with Crippen LogP contribution in [0, 0.1) is 5.92 Å². The zero-order chi connectivity index (χ0) is 24.0. The van der Waals surface area contributed by atoms with Crippen LogP contribution in [0.15, 0.2) is 42.5 Å². The predicted octanol–water partition coefficient (Wildman–Crippen LogP) is 5.79. The third-order valence-electron chi connectivity index (χ3n) is 6.21. The first kappa shape index (κ1) is 23.5. The Morgan fingerprint density at radius 3 is 2.42 bits per heavy atom. The largest absolute Gasteiger partial charge is 0.416 e. The molecule has 1 aliphatic heterocycles. The van der Waals surface area contributed by atoms with E-state index in [-0.39, 0.29) is 40.3 Å². The van der Waals surface area contributed by atoms with E-state index in [0.717, 1.165) is 23.1 Å². The molecule has 4 nitrogen and oxygen atoms in total. The lowest BCUT2D eigenvalue weighted by Gasteiger charge is -2.32. The maximum Gasteiger partial charge on any atom is 0.416 e. The lowest BCUT2D eigenvalue weighted by molar-refractivity contribution is -0.141. The molecule has 2 amide bonds. The molecule has 2 aromatic carbocycles. The van der Waals surface area contributed by atoms with Crippen molar-refractivity contribution >= 4 is 29.1 Å². The fraction of sp³-hybridized carbons (Fsp3) is 0.391. The van der Waals surface area contributed by atoms with E-state index in [0.29, 0.717) is 25.7 Å². The number of carbonyl (C=O) groups is 2. The van der Waals surface area contributed by atoms with Crippen LogP contribution in [-0.4, -0.2) is 24.4 Å². The van der Waals surface area contributed by atoms with Crippen LogP contribution < -0.4 is 10.2 Å². The number of alkyl halides is 5. The number of hydrogen-bond donors (Lipinski definition) is 1. The van der Waals surface area contributed by atoms with Crippen LogP contribution in [0.4, 0.5) is 27.6 Å². The van der Waals surface area contributed by atoms with Gasteiger partial charge in [0.15, 0.2) is 0 Å². The quantitative estimate of drug-likeness (QED) is 0.556. The summed E-state index contributed by atoms with van der Waals surface area (Å²) in [5.41, 5.74) is -1.31. The summed E-state index contributed by atoms with van der Waals surface area (Å²) in [6, 6.07) is 8.10. The van der Waals surface area contributed by atoms with Crippen molar-refractivity contribution in [2.75, 3.05) is 11.4 Å². The van der Waals surface area contributed by atoms with Crippen molar-refractivity contribution in [3.05, 3.63) is 64.2 Å². The fourth-order valence-corrected chi connectivity index (χ4v) is 4.64. The van der Waals surface area contributed by atoms with Crippen LogP contribution in [-0.2, 0) is 16.9 Å². The van der Waals surface area contributed by atoms with Crippen molar-refractivity contribution in [2.24, 2.45) is 5.92 Å². The minimum absolute atomic E-state index is 0.0406. The molecule has 0 saturated heterocycles. The van der Waals surface area contributed by atoms with Gasteiger partial charge in [0.2, 0.25) is 0 Å². The van der Waals surface area contributed by atoms with Gasteiger partial charge in [-0.1, -0.05) is 29.8 Å². The Labute approximate surface area is 191 Å². The normalized spacial score (nSPS) is 22.2. The summed E-state index contributed by atoms with van der Waals surface area (Å²) >= 11 is 5.93. The van der Waals surface area contributed by atoms with Crippen LogP contribution in [0.5, 0.6) is 0 Å². The first-order chi connectivity index (χ1) is 15.5. The van der Waals surface area contributed by atoms with Crippen molar-refractivity contribution in [1.29, 1.82) is 0 Å². The Balaban J connectivity index is 1.37. The Bertz CT molecular complexity index is 1080. The number of nitrogens with zero attached hydrogens (tertiary/aromatic N) is 1. The van der Waals surface area contributed by atoms with Crippen LogP contribution >= 0.6 is 11.6 Å². The van der Waals surface area contributed by atoms with E-state index >= 15 is 0 Å². The summed E-state index contributed by atoms with van der Waals surface area (Å²) in [4.78, 5) is 25.9. The molecule has 1 aliphatic carbocycles. The second-order valence-electron chi connectivity index (χ2n) is 8.39. The predicted molar refractivity (Wildman–Crippen MR) is 112 cm³/mol. The van der Waals surface area contributed by atoms with Crippen molar-refractivity contribution < 1.29 is 31.5 Å². The molecule has 0 atom stereocenters. The maximum absolute atomic E-state index is 14.3. The lowest BCUT2D eigenvalue weighted by atomic mass is 9.85. The highest BCUT2D eigenvalue weighted by molar-refractivity contribution is 6.33. The van der Waals surface area contributed by atoms with Gasteiger partial charge in [0.1, 0.15) is 0 Å². The topological polar surface area (TPSA) is 49.4 Å². The molecular formula is C23H20ClF5N2O2. The second-order valence-corrected chi connectivity index (χ2v) is 8.80. The number of fused-ring (bicyclic) bond motifs is 1. The number of halogens is 6. The van der Waals surface area contributed by atoms with E-state index in [1.165, 1.54) is 18.2 Å². The van der Waals surface area contributed by atoms with Crippen molar-refractivity contribution in [3.63, 3.8) is 0 Å². The summed E-state index contributed by atoms with van der Waals surface area (Å²) < 4.78 is 67.5. The first-order valence-electron chi connectivity index (χ1n) is 10.5. The monoisotopic (exact) mass is 486 g/mol. The summed E-state index contributed by atoms with van der Waals surface area (Å²) in [7, 11) is 0. The summed E-state index contributed by atoms with van der Waals surface area (Å²) in [5.74, 6) is -5.52. The zero-order valence-electron chi connectivity index (χ0n) is 17.3. The molecule has 0 radical (unpaired) electrons. The molecule has 33 heavy (non-hydrogen) atoms. The van der Waals surface area contributed by atoms with E-state index in [2.05, 4.69) is 5.32 Å². The third-order valence-corrected chi connectivity index (χ3v) is 6.54. The summed E-state index contributed by atoms with van der Waals surface area (Å²) in [6.07, 6.45) is -2.45. The highest BCUT2D eigenvalue weighted by Gasteiger charge is 2.52. The summed E-state index contributed by atoms with van der Waals surface area (Å²) in [6.45, 7) is 0.144. The van der Waals surface area contributed by atoms with Crippen molar-refractivity contribution in [1.82, 2.24) is 5.32 Å². The standard InChI is InChI=1S/C23H20ClF5N2O2/c24-18-10-7-14(23(27,28)29)11-16(18)20(32)30-15-8-5-13(6-9-15)12-31-19-4-2-1-3-17(19)22(25,26)21(31)33/h1-4,7,10-11,13,15H,5-6,8-9,12H2,(H,30,32). The van der Waals surface area contributed by atoms with Gasteiger partial charge in [-0.15, -0.1) is 0 Å². The Hall–Kier alpha value is -2.68. The zero-order valence-corrected chi connectivity index (χ0v) is 18.0. The average Bonchev–Trinajstić information content (AvgIpc) is 2.95. The molecule has 4 rings (SSSR count). The molecule has 0 spiro atoms. The highest BCUT2D eigenvalue weighted by Crippen LogP contribution is 2.45. The number of nitrogens with one attached hydrogen (secondary N) is 1. The molecule has 2 aliphatic rings. The second kappa shape index (κ2) is 8.59. The highest BCUT2D eigenvalue weighted by atomic mass is 35.5. The van der Waals surface area contributed by atoms with E-state index in [1.54, 1.807) is 6.07 Å². The van der Waals surface area contributed by atoms with E-state index in [9.17, 15) is 31.5 Å². The Kier molecular flexibility index (Phi) is 6.11.